The van der Waals surface area contributed by atoms with Gasteiger partial charge in [-0.2, -0.15) is 0 Å². The van der Waals surface area contributed by atoms with Crippen molar-refractivity contribution in [2.75, 3.05) is 6.26 Å². The summed E-state index contributed by atoms with van der Waals surface area (Å²) < 4.78 is 5.98. The van der Waals surface area contributed by atoms with E-state index in [1.807, 2.05) is 42.5 Å². The lowest BCUT2D eigenvalue weighted by Crippen LogP contribution is -1.84. The van der Waals surface area contributed by atoms with Gasteiger partial charge in [0.15, 0.2) is 0 Å². The van der Waals surface area contributed by atoms with Gasteiger partial charge in [-0.25, -0.2) is 0 Å². The summed E-state index contributed by atoms with van der Waals surface area (Å²) in [4.78, 5) is 1.10. The number of benzene rings is 3. The third kappa shape index (κ3) is 2.03. The normalized spacial score (nSPS) is 11.4. The molecule has 0 saturated carbocycles. The Labute approximate surface area is 137 Å². The van der Waals surface area contributed by atoms with Gasteiger partial charge in [-0.3, -0.25) is 0 Å². The van der Waals surface area contributed by atoms with Crippen LogP contribution < -0.4 is 0 Å². The van der Waals surface area contributed by atoms with Crippen molar-refractivity contribution in [2.45, 2.75) is 4.90 Å². The van der Waals surface area contributed by atoms with Crippen molar-refractivity contribution in [3.05, 3.63) is 65.7 Å². The standard InChI is InChI=1S/C19H13ClOS/c1-22-19-13(8-4-9-15(19)20)12-7-5-11-17-18(12)14-6-2-3-10-16(14)21-17/h2-11H,1H3. The number of rotatable bonds is 2. The van der Waals surface area contributed by atoms with Crippen LogP contribution in [0.3, 0.4) is 0 Å². The largest absolute Gasteiger partial charge is 0.456 e. The quantitative estimate of drug-likeness (QED) is 0.384. The molecule has 0 amide bonds. The van der Waals surface area contributed by atoms with E-state index in [1.165, 1.54) is 0 Å². The van der Waals surface area contributed by atoms with E-state index in [2.05, 4.69) is 24.5 Å². The van der Waals surface area contributed by atoms with Crippen LogP contribution in [-0.4, -0.2) is 6.26 Å². The fraction of sp³-hybridized carbons (Fsp3) is 0.0526. The maximum absolute atomic E-state index is 6.38. The number of furan rings is 1. The first-order valence-electron chi connectivity index (χ1n) is 7.02. The highest BCUT2D eigenvalue weighted by Crippen LogP contribution is 2.41. The molecule has 0 aliphatic carbocycles. The smallest absolute Gasteiger partial charge is 0.136 e. The minimum atomic E-state index is 0.787. The summed E-state index contributed by atoms with van der Waals surface area (Å²) in [6.07, 6.45) is 2.05. The predicted octanol–water partition coefficient (Wildman–Crippen LogP) is 6.63. The minimum Gasteiger partial charge on any atom is -0.456 e. The molecule has 0 aliphatic heterocycles. The van der Waals surface area contributed by atoms with Gasteiger partial charge >= 0.3 is 0 Å². The average Bonchev–Trinajstić information content (AvgIpc) is 2.93. The lowest BCUT2D eigenvalue weighted by molar-refractivity contribution is 0.669. The van der Waals surface area contributed by atoms with Crippen LogP contribution in [0.25, 0.3) is 33.1 Å². The molecule has 1 aromatic heterocycles. The van der Waals surface area contributed by atoms with E-state index in [-0.39, 0.29) is 0 Å². The van der Waals surface area contributed by atoms with Crippen LogP contribution in [0.15, 0.2) is 70.0 Å². The molecule has 0 aliphatic rings. The summed E-state index contributed by atoms with van der Waals surface area (Å²) in [6, 6.07) is 20.4. The topological polar surface area (TPSA) is 13.1 Å². The van der Waals surface area contributed by atoms with E-state index in [0.717, 1.165) is 43.0 Å². The molecule has 22 heavy (non-hydrogen) atoms. The molecule has 1 heterocycles. The lowest BCUT2D eigenvalue weighted by atomic mass is 9.99. The molecule has 0 N–H and O–H groups in total. The van der Waals surface area contributed by atoms with Crippen LogP contribution in [0.4, 0.5) is 0 Å². The molecule has 108 valence electrons. The second-order valence-corrected chi connectivity index (χ2v) is 6.32. The zero-order valence-corrected chi connectivity index (χ0v) is 13.5. The van der Waals surface area contributed by atoms with Crippen LogP contribution >= 0.6 is 23.4 Å². The van der Waals surface area contributed by atoms with E-state index in [9.17, 15) is 0 Å². The lowest BCUT2D eigenvalue weighted by Gasteiger charge is -2.10. The van der Waals surface area contributed by atoms with Gasteiger partial charge in [0.05, 0.1) is 5.02 Å². The molecule has 3 aromatic carbocycles. The Morgan fingerprint density at radius 1 is 0.818 bits per heavy atom. The zero-order valence-electron chi connectivity index (χ0n) is 12.0. The van der Waals surface area contributed by atoms with Gasteiger partial charge in [0.25, 0.3) is 0 Å². The minimum absolute atomic E-state index is 0.787. The summed E-state index contributed by atoms with van der Waals surface area (Å²) in [5, 5.41) is 3.07. The zero-order chi connectivity index (χ0) is 15.1. The van der Waals surface area contributed by atoms with Gasteiger partial charge in [-0.1, -0.05) is 54.1 Å². The molecule has 0 atom stereocenters. The molecule has 0 unspecified atom stereocenters. The molecule has 0 bridgehead atoms. The molecular formula is C19H13ClOS. The summed E-state index contributed by atoms with van der Waals surface area (Å²) >= 11 is 8.05. The molecule has 0 fully saturated rings. The second kappa shape index (κ2) is 5.38. The van der Waals surface area contributed by atoms with Crippen LogP contribution in [0.2, 0.25) is 5.02 Å². The molecular weight excluding hydrogens is 312 g/mol. The fourth-order valence-corrected chi connectivity index (χ4v) is 3.99. The third-order valence-electron chi connectivity index (χ3n) is 3.86. The Morgan fingerprint density at radius 3 is 2.41 bits per heavy atom. The summed E-state index contributed by atoms with van der Waals surface area (Å²) in [6.45, 7) is 0. The number of halogens is 1. The maximum atomic E-state index is 6.38. The molecule has 4 rings (SSSR count). The number of fused-ring (bicyclic) bond motifs is 3. The predicted molar refractivity (Wildman–Crippen MR) is 95.9 cm³/mol. The molecule has 1 nitrogen and oxygen atoms in total. The highest BCUT2D eigenvalue weighted by atomic mass is 35.5. The Morgan fingerprint density at radius 2 is 1.55 bits per heavy atom. The number of thioether (sulfide) groups is 1. The number of para-hydroxylation sites is 1. The van der Waals surface area contributed by atoms with E-state index in [0.29, 0.717) is 0 Å². The third-order valence-corrected chi connectivity index (χ3v) is 5.14. The molecule has 4 aromatic rings. The molecule has 0 saturated heterocycles. The summed E-state index contributed by atoms with van der Waals surface area (Å²) in [5.41, 5.74) is 4.13. The van der Waals surface area contributed by atoms with Crippen LogP contribution in [0.5, 0.6) is 0 Å². The first kappa shape index (κ1) is 13.7. The first-order valence-corrected chi connectivity index (χ1v) is 8.63. The summed E-state index contributed by atoms with van der Waals surface area (Å²) in [7, 11) is 0. The number of hydrogen-bond donors (Lipinski definition) is 0. The number of hydrogen-bond acceptors (Lipinski definition) is 2. The van der Waals surface area contributed by atoms with Crippen molar-refractivity contribution < 1.29 is 4.42 Å². The van der Waals surface area contributed by atoms with E-state index in [4.69, 9.17) is 16.0 Å². The van der Waals surface area contributed by atoms with Crippen LogP contribution in [0, 0.1) is 0 Å². The Bertz CT molecular complexity index is 987. The van der Waals surface area contributed by atoms with Crippen molar-refractivity contribution in [1.82, 2.24) is 0 Å². The monoisotopic (exact) mass is 324 g/mol. The van der Waals surface area contributed by atoms with Gasteiger partial charge in [0.2, 0.25) is 0 Å². The Hall–Kier alpha value is -1.90. The Kier molecular flexibility index (Phi) is 3.36. The fourth-order valence-electron chi connectivity index (χ4n) is 2.93. The van der Waals surface area contributed by atoms with Crippen molar-refractivity contribution in [3.63, 3.8) is 0 Å². The van der Waals surface area contributed by atoms with E-state index < -0.39 is 0 Å². The van der Waals surface area contributed by atoms with Gasteiger partial charge in [0, 0.05) is 15.7 Å². The average molecular weight is 325 g/mol. The first-order chi connectivity index (χ1) is 10.8. The van der Waals surface area contributed by atoms with Crippen molar-refractivity contribution in [2.24, 2.45) is 0 Å². The summed E-state index contributed by atoms with van der Waals surface area (Å²) in [5.74, 6) is 0. The SMILES string of the molecule is CSc1c(Cl)cccc1-c1cccc2oc3ccccc3c12. The van der Waals surface area contributed by atoms with Gasteiger partial charge < -0.3 is 4.42 Å². The molecule has 3 heteroatoms. The second-order valence-electron chi connectivity index (χ2n) is 5.10. The highest BCUT2D eigenvalue weighted by Gasteiger charge is 2.15. The van der Waals surface area contributed by atoms with E-state index in [1.54, 1.807) is 11.8 Å². The van der Waals surface area contributed by atoms with Crippen molar-refractivity contribution in [3.8, 4) is 11.1 Å². The Balaban J connectivity index is 2.14. The van der Waals surface area contributed by atoms with Crippen molar-refractivity contribution in [1.29, 1.82) is 0 Å². The van der Waals surface area contributed by atoms with Crippen LogP contribution in [-0.2, 0) is 0 Å². The van der Waals surface area contributed by atoms with E-state index >= 15 is 0 Å². The molecule has 0 radical (unpaired) electrons. The van der Waals surface area contributed by atoms with Crippen molar-refractivity contribution >= 4 is 45.3 Å². The van der Waals surface area contributed by atoms with Gasteiger partial charge in [-0.15, -0.1) is 11.8 Å². The van der Waals surface area contributed by atoms with Crippen LogP contribution in [0.1, 0.15) is 0 Å². The van der Waals surface area contributed by atoms with Gasteiger partial charge in [0.1, 0.15) is 11.2 Å². The highest BCUT2D eigenvalue weighted by molar-refractivity contribution is 7.98. The van der Waals surface area contributed by atoms with Gasteiger partial charge in [-0.05, 0) is 35.6 Å². The molecule has 0 spiro atoms. The maximum Gasteiger partial charge on any atom is 0.136 e.